The SMILES string of the molecule is NC(=O)c1c(-c2ccc(F)cc2)c(=O)c(C(=O)Nc2ccc(-c3c[nH]c4ncnc(N)c34)cc2F)cn1C1CC1. The summed E-state index contributed by atoms with van der Waals surface area (Å²) in [5.41, 5.74) is 11.9. The van der Waals surface area contributed by atoms with Crippen molar-refractivity contribution < 1.29 is 18.4 Å². The molecule has 200 valence electrons. The highest BCUT2D eigenvalue weighted by atomic mass is 19.1. The minimum absolute atomic E-state index is 0.0758. The summed E-state index contributed by atoms with van der Waals surface area (Å²) in [6, 6.07) is 8.95. The molecule has 10 nitrogen and oxygen atoms in total. The van der Waals surface area contributed by atoms with Crippen molar-refractivity contribution in [3.63, 3.8) is 0 Å². The second-order valence-corrected chi connectivity index (χ2v) is 9.44. The van der Waals surface area contributed by atoms with Crippen LogP contribution >= 0.6 is 0 Å². The Balaban J connectivity index is 1.40. The number of amides is 2. The van der Waals surface area contributed by atoms with E-state index in [0.29, 0.717) is 35.0 Å². The summed E-state index contributed by atoms with van der Waals surface area (Å²) in [6.45, 7) is 0. The number of hydrogen-bond acceptors (Lipinski definition) is 6. The Labute approximate surface area is 224 Å². The number of carbonyl (C=O) groups excluding carboxylic acids is 2. The van der Waals surface area contributed by atoms with E-state index >= 15 is 4.39 Å². The number of rotatable bonds is 6. The van der Waals surface area contributed by atoms with Crippen LogP contribution in [0, 0.1) is 11.6 Å². The van der Waals surface area contributed by atoms with Gasteiger partial charge in [0.25, 0.3) is 11.8 Å². The first-order valence-electron chi connectivity index (χ1n) is 12.3. The number of nitrogens with one attached hydrogen (secondary N) is 2. The molecule has 3 heterocycles. The summed E-state index contributed by atoms with van der Waals surface area (Å²) < 4.78 is 30.3. The van der Waals surface area contributed by atoms with E-state index in [4.69, 9.17) is 11.5 Å². The normalized spacial score (nSPS) is 12.9. The maximum absolute atomic E-state index is 15.2. The Bertz CT molecular complexity index is 1890. The number of hydrogen-bond donors (Lipinski definition) is 4. The zero-order valence-electron chi connectivity index (χ0n) is 20.7. The van der Waals surface area contributed by atoms with Crippen LogP contribution in [0.15, 0.2) is 66.0 Å². The number of primary amides is 1. The predicted octanol–water partition coefficient (Wildman–Crippen LogP) is 4.00. The molecule has 0 spiro atoms. The molecule has 1 aliphatic carbocycles. The van der Waals surface area contributed by atoms with Gasteiger partial charge in [-0.1, -0.05) is 18.2 Å². The van der Waals surface area contributed by atoms with Crippen molar-refractivity contribution in [1.29, 1.82) is 0 Å². The second-order valence-electron chi connectivity index (χ2n) is 9.44. The first-order valence-corrected chi connectivity index (χ1v) is 12.3. The van der Waals surface area contributed by atoms with E-state index in [1.807, 2.05) is 0 Å². The molecule has 1 aliphatic rings. The van der Waals surface area contributed by atoms with Crippen LogP contribution in [0.25, 0.3) is 33.3 Å². The number of H-pyrrole nitrogens is 1. The molecule has 5 aromatic rings. The van der Waals surface area contributed by atoms with Gasteiger partial charge < -0.3 is 26.3 Å². The Morgan fingerprint density at radius 3 is 2.45 bits per heavy atom. The summed E-state index contributed by atoms with van der Waals surface area (Å²) in [7, 11) is 0. The maximum atomic E-state index is 15.2. The van der Waals surface area contributed by atoms with Gasteiger partial charge in [-0.15, -0.1) is 0 Å². The minimum Gasteiger partial charge on any atom is -0.383 e. The number of aromatic amines is 1. The van der Waals surface area contributed by atoms with E-state index in [1.165, 1.54) is 41.4 Å². The van der Waals surface area contributed by atoms with Gasteiger partial charge in [0.2, 0.25) is 5.43 Å². The van der Waals surface area contributed by atoms with Crippen LogP contribution in [0.3, 0.4) is 0 Å². The molecule has 0 unspecified atom stereocenters. The summed E-state index contributed by atoms with van der Waals surface area (Å²) in [5, 5.41) is 2.98. The highest BCUT2D eigenvalue weighted by Gasteiger charge is 2.32. The van der Waals surface area contributed by atoms with Crippen molar-refractivity contribution in [2.75, 3.05) is 11.1 Å². The first-order chi connectivity index (χ1) is 19.2. The number of halogens is 2. The molecule has 2 aromatic carbocycles. The van der Waals surface area contributed by atoms with Crippen LogP contribution in [0.2, 0.25) is 0 Å². The van der Waals surface area contributed by atoms with E-state index in [0.717, 1.165) is 12.1 Å². The quantitative estimate of drug-likeness (QED) is 0.254. The van der Waals surface area contributed by atoms with Crippen molar-refractivity contribution in [3.05, 3.63) is 94.3 Å². The van der Waals surface area contributed by atoms with Gasteiger partial charge in [0, 0.05) is 24.0 Å². The van der Waals surface area contributed by atoms with E-state index in [-0.39, 0.29) is 39.9 Å². The van der Waals surface area contributed by atoms with Crippen molar-refractivity contribution in [3.8, 4) is 22.3 Å². The number of benzene rings is 2. The fraction of sp³-hybridized carbons (Fsp3) is 0.107. The lowest BCUT2D eigenvalue weighted by atomic mass is 9.99. The fourth-order valence-corrected chi connectivity index (χ4v) is 4.76. The largest absolute Gasteiger partial charge is 0.383 e. The smallest absolute Gasteiger partial charge is 0.266 e. The van der Waals surface area contributed by atoms with E-state index in [9.17, 15) is 18.8 Å². The average molecular weight is 542 g/mol. The number of pyridine rings is 1. The van der Waals surface area contributed by atoms with Crippen LogP contribution in [0.1, 0.15) is 39.7 Å². The van der Waals surface area contributed by atoms with E-state index < -0.39 is 28.9 Å². The van der Waals surface area contributed by atoms with Gasteiger partial charge in [-0.2, -0.15) is 0 Å². The lowest BCUT2D eigenvalue weighted by Gasteiger charge is -2.17. The van der Waals surface area contributed by atoms with Crippen molar-refractivity contribution in [2.45, 2.75) is 18.9 Å². The number of aromatic nitrogens is 4. The van der Waals surface area contributed by atoms with E-state index in [1.54, 1.807) is 12.3 Å². The molecule has 0 saturated heterocycles. The fourth-order valence-electron chi connectivity index (χ4n) is 4.76. The van der Waals surface area contributed by atoms with Gasteiger partial charge in [-0.3, -0.25) is 14.4 Å². The third-order valence-corrected chi connectivity index (χ3v) is 6.81. The molecule has 0 radical (unpaired) electrons. The van der Waals surface area contributed by atoms with Crippen molar-refractivity contribution in [1.82, 2.24) is 19.5 Å². The summed E-state index contributed by atoms with van der Waals surface area (Å²) >= 11 is 0. The molecular weight excluding hydrogens is 520 g/mol. The Hall–Kier alpha value is -5.39. The second kappa shape index (κ2) is 9.42. The van der Waals surface area contributed by atoms with Crippen LogP contribution in [0.4, 0.5) is 20.3 Å². The van der Waals surface area contributed by atoms with Crippen LogP contribution < -0.4 is 22.2 Å². The monoisotopic (exact) mass is 541 g/mol. The van der Waals surface area contributed by atoms with Crippen molar-refractivity contribution in [2.24, 2.45) is 5.73 Å². The molecule has 1 saturated carbocycles. The molecule has 12 heteroatoms. The topological polar surface area (TPSA) is 162 Å². The summed E-state index contributed by atoms with van der Waals surface area (Å²) in [6.07, 6.45) is 5.63. The standard InChI is InChI=1S/C28H21F2N7O3/c29-15-4-1-13(2-5-15)21-23(26(32)39)37(16-6-7-16)11-18(24(21)38)28(40)36-20-8-3-14(9-19(20)30)17-10-33-27-22(17)25(31)34-12-35-27/h1-5,8-12,16H,6-7H2,(H2,32,39)(H,36,40)(H3,31,33,34,35). The third kappa shape index (κ3) is 4.25. The van der Waals surface area contributed by atoms with Gasteiger partial charge in [-0.25, -0.2) is 18.7 Å². The molecule has 2 amide bonds. The van der Waals surface area contributed by atoms with Gasteiger partial charge in [0.1, 0.15) is 40.7 Å². The number of fused-ring (bicyclic) bond motifs is 1. The Kier molecular flexibility index (Phi) is 5.87. The maximum Gasteiger partial charge on any atom is 0.266 e. The Morgan fingerprint density at radius 1 is 1.05 bits per heavy atom. The zero-order chi connectivity index (χ0) is 28.1. The highest BCUT2D eigenvalue weighted by Crippen LogP contribution is 2.38. The molecule has 0 atom stereocenters. The van der Waals surface area contributed by atoms with Gasteiger partial charge in [0.05, 0.1) is 16.6 Å². The first kappa shape index (κ1) is 24.9. The van der Waals surface area contributed by atoms with Crippen molar-refractivity contribution >= 4 is 34.4 Å². The number of anilines is 2. The molecule has 40 heavy (non-hydrogen) atoms. The summed E-state index contributed by atoms with van der Waals surface area (Å²) in [4.78, 5) is 50.4. The molecule has 1 fully saturated rings. The lowest BCUT2D eigenvalue weighted by Crippen LogP contribution is -2.30. The number of nitrogens with two attached hydrogens (primary N) is 2. The number of nitrogens with zero attached hydrogens (tertiary/aromatic N) is 3. The van der Waals surface area contributed by atoms with Crippen LogP contribution in [-0.4, -0.2) is 31.3 Å². The third-order valence-electron chi connectivity index (χ3n) is 6.81. The van der Waals surface area contributed by atoms with Crippen LogP contribution in [-0.2, 0) is 0 Å². The average Bonchev–Trinajstić information content (AvgIpc) is 3.68. The molecular formula is C28H21F2N7O3. The highest BCUT2D eigenvalue weighted by molar-refractivity contribution is 6.07. The molecule has 0 aliphatic heterocycles. The van der Waals surface area contributed by atoms with Crippen LogP contribution in [0.5, 0.6) is 0 Å². The number of nitrogen functional groups attached to an aromatic ring is 1. The zero-order valence-corrected chi connectivity index (χ0v) is 20.7. The van der Waals surface area contributed by atoms with Gasteiger partial charge >= 0.3 is 0 Å². The molecule has 0 bridgehead atoms. The number of carbonyl (C=O) groups is 2. The minimum atomic E-state index is -0.879. The predicted molar refractivity (Wildman–Crippen MR) is 145 cm³/mol. The Morgan fingerprint density at radius 2 is 1.77 bits per heavy atom. The summed E-state index contributed by atoms with van der Waals surface area (Å²) in [5.74, 6) is -2.81. The lowest BCUT2D eigenvalue weighted by molar-refractivity contribution is 0.0985. The van der Waals surface area contributed by atoms with E-state index in [2.05, 4.69) is 20.3 Å². The molecule has 3 aromatic heterocycles. The van der Waals surface area contributed by atoms with Gasteiger partial charge in [0.15, 0.2) is 0 Å². The molecule has 6 N–H and O–H groups in total. The van der Waals surface area contributed by atoms with Gasteiger partial charge in [-0.05, 0) is 48.2 Å². The molecule has 6 rings (SSSR count).